The van der Waals surface area contributed by atoms with Crippen molar-refractivity contribution < 1.29 is 8.78 Å². The molecule has 1 rings (SSSR count). The van der Waals surface area contributed by atoms with Crippen LogP contribution >= 0.6 is 27.5 Å². The Hall–Kier alpha value is -0.150. The molecule has 0 aliphatic rings. The van der Waals surface area contributed by atoms with E-state index in [0.29, 0.717) is 0 Å². The summed E-state index contributed by atoms with van der Waals surface area (Å²) >= 11 is 8.48. The first kappa shape index (κ1) is 8.94. The van der Waals surface area contributed by atoms with Gasteiger partial charge in [-0.05, 0) is 12.1 Å². The molecule has 1 aromatic carbocycles. The maximum Gasteiger partial charge on any atom is 0.162 e. The standard InChI is InChI=1S/C7H4BrClF2/c8-3-4-1-5(9)2-6(10)7(4)11/h1-2H,3H2. The van der Waals surface area contributed by atoms with Crippen LogP contribution in [0.25, 0.3) is 0 Å². The second-order valence-corrected chi connectivity index (χ2v) is 2.99. The van der Waals surface area contributed by atoms with Gasteiger partial charge in [0.1, 0.15) is 0 Å². The second-order valence-electron chi connectivity index (χ2n) is 1.99. The molecule has 0 spiro atoms. The maximum absolute atomic E-state index is 12.7. The van der Waals surface area contributed by atoms with E-state index < -0.39 is 11.6 Å². The number of hydrogen-bond acceptors (Lipinski definition) is 0. The normalized spacial score (nSPS) is 10.2. The number of hydrogen-bond donors (Lipinski definition) is 0. The zero-order valence-electron chi connectivity index (χ0n) is 5.37. The first-order chi connectivity index (χ1) is 5.15. The fraction of sp³-hybridized carbons (Fsp3) is 0.143. The van der Waals surface area contributed by atoms with Gasteiger partial charge < -0.3 is 0 Å². The van der Waals surface area contributed by atoms with E-state index in [-0.39, 0.29) is 15.9 Å². The van der Waals surface area contributed by atoms with E-state index in [1.807, 2.05) is 0 Å². The van der Waals surface area contributed by atoms with Gasteiger partial charge >= 0.3 is 0 Å². The molecule has 0 N–H and O–H groups in total. The molecule has 0 aromatic heterocycles. The van der Waals surface area contributed by atoms with Crippen LogP contribution in [0.1, 0.15) is 5.56 Å². The lowest BCUT2D eigenvalue weighted by Gasteiger charge is -1.99. The lowest BCUT2D eigenvalue weighted by molar-refractivity contribution is 0.502. The first-order valence-corrected chi connectivity index (χ1v) is 4.34. The molecule has 0 aliphatic heterocycles. The Balaban J connectivity index is 3.24. The molecule has 0 heterocycles. The van der Waals surface area contributed by atoms with Crippen molar-refractivity contribution >= 4 is 27.5 Å². The van der Waals surface area contributed by atoms with E-state index in [9.17, 15) is 8.78 Å². The van der Waals surface area contributed by atoms with Crippen molar-refractivity contribution in [2.24, 2.45) is 0 Å². The van der Waals surface area contributed by atoms with Crippen molar-refractivity contribution in [2.75, 3.05) is 0 Å². The van der Waals surface area contributed by atoms with Gasteiger partial charge in [-0.1, -0.05) is 27.5 Å². The zero-order chi connectivity index (χ0) is 8.43. The molecule has 0 saturated carbocycles. The SMILES string of the molecule is Fc1cc(Cl)cc(CBr)c1F. The monoisotopic (exact) mass is 240 g/mol. The molecule has 0 aliphatic carbocycles. The largest absolute Gasteiger partial charge is 0.204 e. The summed E-state index contributed by atoms with van der Waals surface area (Å²) < 4.78 is 25.3. The predicted octanol–water partition coefficient (Wildman–Crippen LogP) is 3.51. The topological polar surface area (TPSA) is 0 Å². The van der Waals surface area contributed by atoms with Gasteiger partial charge in [0.15, 0.2) is 11.6 Å². The quantitative estimate of drug-likeness (QED) is 0.521. The summed E-state index contributed by atoms with van der Waals surface area (Å²) in [5.74, 6) is -1.75. The third-order valence-corrected chi connectivity index (χ3v) is 2.03. The van der Waals surface area contributed by atoms with Crippen LogP contribution < -0.4 is 0 Å². The van der Waals surface area contributed by atoms with Gasteiger partial charge in [0.25, 0.3) is 0 Å². The number of halogens is 4. The number of rotatable bonds is 1. The van der Waals surface area contributed by atoms with Crippen molar-refractivity contribution in [3.63, 3.8) is 0 Å². The molecule has 4 heteroatoms. The average Bonchev–Trinajstić information content (AvgIpc) is 1.96. The van der Waals surface area contributed by atoms with Crippen molar-refractivity contribution in [1.82, 2.24) is 0 Å². The van der Waals surface area contributed by atoms with Crippen LogP contribution in [-0.4, -0.2) is 0 Å². The zero-order valence-corrected chi connectivity index (χ0v) is 7.72. The molecule has 0 unspecified atom stereocenters. The van der Waals surface area contributed by atoms with Gasteiger partial charge in [-0.2, -0.15) is 0 Å². The van der Waals surface area contributed by atoms with E-state index in [0.717, 1.165) is 6.07 Å². The molecule has 0 fully saturated rings. The third-order valence-electron chi connectivity index (χ3n) is 1.21. The Morgan fingerprint density at radius 1 is 1.36 bits per heavy atom. The molecule has 0 amide bonds. The molecule has 0 saturated heterocycles. The molecular formula is C7H4BrClF2. The minimum Gasteiger partial charge on any atom is -0.204 e. The fourth-order valence-corrected chi connectivity index (χ4v) is 1.34. The highest BCUT2D eigenvalue weighted by Gasteiger charge is 2.08. The summed E-state index contributed by atoms with van der Waals surface area (Å²) in [5, 5.41) is 0.467. The summed E-state index contributed by atoms with van der Waals surface area (Å²) in [6, 6.07) is 2.33. The van der Waals surface area contributed by atoms with Crippen molar-refractivity contribution in [1.29, 1.82) is 0 Å². The maximum atomic E-state index is 12.7. The van der Waals surface area contributed by atoms with Crippen LogP contribution in [0.5, 0.6) is 0 Å². The van der Waals surface area contributed by atoms with Crippen LogP contribution in [0, 0.1) is 11.6 Å². The summed E-state index contributed by atoms with van der Waals surface area (Å²) in [6.07, 6.45) is 0. The molecular weight excluding hydrogens is 237 g/mol. The highest BCUT2D eigenvalue weighted by molar-refractivity contribution is 9.08. The van der Waals surface area contributed by atoms with Gasteiger partial charge in [0.2, 0.25) is 0 Å². The molecule has 0 bridgehead atoms. The molecule has 0 nitrogen and oxygen atoms in total. The molecule has 11 heavy (non-hydrogen) atoms. The van der Waals surface area contributed by atoms with Crippen molar-refractivity contribution in [2.45, 2.75) is 5.33 Å². The predicted molar refractivity (Wildman–Crippen MR) is 44.0 cm³/mol. The van der Waals surface area contributed by atoms with Gasteiger partial charge in [-0.15, -0.1) is 0 Å². The number of benzene rings is 1. The Kier molecular flexibility index (Phi) is 2.84. The van der Waals surface area contributed by atoms with E-state index in [4.69, 9.17) is 11.6 Å². The summed E-state index contributed by atoms with van der Waals surface area (Å²) in [6.45, 7) is 0. The van der Waals surface area contributed by atoms with Crippen molar-refractivity contribution in [3.8, 4) is 0 Å². The summed E-state index contributed by atoms with van der Waals surface area (Å²) in [4.78, 5) is 0. The van der Waals surface area contributed by atoms with Crippen LogP contribution in [0.3, 0.4) is 0 Å². The van der Waals surface area contributed by atoms with Crippen LogP contribution in [0.2, 0.25) is 5.02 Å². The lowest BCUT2D eigenvalue weighted by Crippen LogP contribution is -1.90. The minimum absolute atomic E-state index is 0.207. The minimum atomic E-state index is -0.910. The van der Waals surface area contributed by atoms with E-state index in [1.165, 1.54) is 6.07 Å². The molecule has 1 aromatic rings. The Morgan fingerprint density at radius 2 is 2.00 bits per heavy atom. The van der Waals surface area contributed by atoms with E-state index >= 15 is 0 Å². The van der Waals surface area contributed by atoms with Gasteiger partial charge in [0.05, 0.1) is 0 Å². The Morgan fingerprint density at radius 3 is 2.55 bits per heavy atom. The molecule has 60 valence electrons. The van der Waals surface area contributed by atoms with Crippen LogP contribution in [-0.2, 0) is 5.33 Å². The molecule has 0 radical (unpaired) electrons. The molecule has 0 atom stereocenters. The van der Waals surface area contributed by atoms with Crippen LogP contribution in [0.4, 0.5) is 8.78 Å². The van der Waals surface area contributed by atoms with Gasteiger partial charge in [-0.25, -0.2) is 8.78 Å². The highest BCUT2D eigenvalue weighted by Crippen LogP contribution is 2.20. The van der Waals surface area contributed by atoms with Crippen molar-refractivity contribution in [3.05, 3.63) is 34.4 Å². The van der Waals surface area contributed by atoms with Crippen LogP contribution in [0.15, 0.2) is 12.1 Å². The summed E-state index contributed by atoms with van der Waals surface area (Å²) in [7, 11) is 0. The Labute approximate surface area is 76.3 Å². The first-order valence-electron chi connectivity index (χ1n) is 2.84. The van der Waals surface area contributed by atoms with Gasteiger partial charge in [0, 0.05) is 15.9 Å². The Bertz CT molecular complexity index is 275. The summed E-state index contributed by atoms with van der Waals surface area (Å²) in [5.41, 5.74) is 0.231. The lowest BCUT2D eigenvalue weighted by atomic mass is 10.2. The van der Waals surface area contributed by atoms with Gasteiger partial charge in [-0.3, -0.25) is 0 Å². The second kappa shape index (κ2) is 3.50. The number of alkyl halides is 1. The average molecular weight is 241 g/mol. The van der Waals surface area contributed by atoms with E-state index in [1.54, 1.807) is 0 Å². The smallest absolute Gasteiger partial charge is 0.162 e. The highest BCUT2D eigenvalue weighted by atomic mass is 79.9. The third kappa shape index (κ3) is 1.91. The fourth-order valence-electron chi connectivity index (χ4n) is 0.707. The van der Waals surface area contributed by atoms with E-state index in [2.05, 4.69) is 15.9 Å².